The predicted molar refractivity (Wildman–Crippen MR) is 115 cm³/mol. The third-order valence-corrected chi connectivity index (χ3v) is 6.68. The van der Waals surface area contributed by atoms with Gasteiger partial charge in [-0.2, -0.15) is 0 Å². The van der Waals surface area contributed by atoms with Crippen LogP contribution in [0.2, 0.25) is 0 Å². The van der Waals surface area contributed by atoms with Crippen molar-refractivity contribution in [2.24, 2.45) is 0 Å². The molecule has 27 heavy (non-hydrogen) atoms. The molecule has 0 aliphatic carbocycles. The molecule has 0 fully saturated rings. The molecular formula is C21H24N2O2S2. The number of thiophene rings is 1. The molecule has 0 saturated heterocycles. The highest BCUT2D eigenvalue weighted by molar-refractivity contribution is 7.99. The summed E-state index contributed by atoms with van der Waals surface area (Å²) in [6.07, 6.45) is 0. The highest BCUT2D eigenvalue weighted by Crippen LogP contribution is 2.26. The Balaban J connectivity index is 1.65. The fraction of sp³-hybridized carbons (Fsp3) is 0.381. The number of nitrogens with zero attached hydrogens (tertiary/aromatic N) is 1. The van der Waals surface area contributed by atoms with Gasteiger partial charge in [0.15, 0.2) is 5.78 Å². The van der Waals surface area contributed by atoms with Crippen LogP contribution in [0.1, 0.15) is 53.0 Å². The molecule has 0 saturated carbocycles. The Hall–Kier alpha value is -1.92. The van der Waals surface area contributed by atoms with E-state index in [1.54, 1.807) is 0 Å². The molecule has 0 atom stereocenters. The Labute approximate surface area is 167 Å². The van der Waals surface area contributed by atoms with Gasteiger partial charge in [-0.3, -0.25) is 9.59 Å². The standard InChI is InChI=1S/C21H24N2O2S2/c1-12-13(2)27-20-18(12)19(25)22-17(23-20)11-26-10-16(24)14-6-8-15(9-7-14)21(3,4)5/h6-9H,10-11H2,1-5H3,(H,22,23,25). The third kappa shape index (κ3) is 4.33. The number of hydrogen-bond acceptors (Lipinski definition) is 5. The summed E-state index contributed by atoms with van der Waals surface area (Å²) in [7, 11) is 0. The lowest BCUT2D eigenvalue weighted by atomic mass is 9.86. The fourth-order valence-electron chi connectivity index (χ4n) is 2.85. The second-order valence-electron chi connectivity index (χ2n) is 7.72. The number of H-pyrrole nitrogens is 1. The molecule has 142 valence electrons. The van der Waals surface area contributed by atoms with Gasteiger partial charge in [-0.25, -0.2) is 4.98 Å². The van der Waals surface area contributed by atoms with E-state index in [-0.39, 0.29) is 16.8 Å². The monoisotopic (exact) mass is 400 g/mol. The highest BCUT2D eigenvalue weighted by atomic mass is 32.2. The van der Waals surface area contributed by atoms with Crippen molar-refractivity contribution >= 4 is 39.1 Å². The van der Waals surface area contributed by atoms with Crippen LogP contribution in [0.15, 0.2) is 29.1 Å². The first-order valence-corrected chi connectivity index (χ1v) is 10.8. The molecular weight excluding hydrogens is 376 g/mol. The molecule has 6 heteroatoms. The first-order valence-electron chi connectivity index (χ1n) is 8.87. The lowest BCUT2D eigenvalue weighted by molar-refractivity contribution is 0.102. The van der Waals surface area contributed by atoms with Crippen molar-refractivity contribution < 1.29 is 4.79 Å². The average Bonchev–Trinajstić information content (AvgIpc) is 2.88. The SMILES string of the molecule is Cc1sc2nc(CSCC(=O)c3ccc(C(C)(C)C)cc3)[nH]c(=O)c2c1C. The van der Waals surface area contributed by atoms with E-state index in [0.717, 1.165) is 20.8 Å². The Morgan fingerprint density at radius 3 is 2.48 bits per heavy atom. The molecule has 4 nitrogen and oxygen atoms in total. The molecule has 3 rings (SSSR count). The normalized spacial score (nSPS) is 11.9. The number of aromatic nitrogens is 2. The molecule has 1 aromatic carbocycles. The number of thioether (sulfide) groups is 1. The Morgan fingerprint density at radius 1 is 1.19 bits per heavy atom. The Morgan fingerprint density at radius 2 is 1.85 bits per heavy atom. The van der Waals surface area contributed by atoms with Gasteiger partial charge < -0.3 is 4.98 Å². The maximum Gasteiger partial charge on any atom is 0.259 e. The number of aryl methyl sites for hydroxylation is 2. The minimum absolute atomic E-state index is 0.0744. The van der Waals surface area contributed by atoms with Crippen LogP contribution in [-0.2, 0) is 11.2 Å². The third-order valence-electron chi connectivity index (χ3n) is 4.63. The first-order chi connectivity index (χ1) is 12.7. The highest BCUT2D eigenvalue weighted by Gasteiger charge is 2.15. The number of nitrogens with one attached hydrogen (secondary N) is 1. The van der Waals surface area contributed by atoms with E-state index in [9.17, 15) is 9.59 Å². The number of carbonyl (C=O) groups excluding carboxylic acids is 1. The Kier molecular flexibility index (Phi) is 5.58. The molecule has 0 aliphatic rings. The zero-order valence-corrected chi connectivity index (χ0v) is 17.9. The van der Waals surface area contributed by atoms with Crippen LogP contribution in [0, 0.1) is 13.8 Å². The van der Waals surface area contributed by atoms with Gasteiger partial charge >= 0.3 is 0 Å². The lowest BCUT2D eigenvalue weighted by Gasteiger charge is -2.18. The topological polar surface area (TPSA) is 62.8 Å². The molecule has 0 amide bonds. The molecule has 3 aromatic rings. The van der Waals surface area contributed by atoms with Crippen molar-refractivity contribution in [3.63, 3.8) is 0 Å². The van der Waals surface area contributed by atoms with E-state index in [4.69, 9.17) is 0 Å². The molecule has 0 radical (unpaired) electrons. The minimum atomic E-state index is -0.0958. The summed E-state index contributed by atoms with van der Waals surface area (Å²) < 4.78 is 0. The molecule has 2 heterocycles. The molecule has 0 bridgehead atoms. The van der Waals surface area contributed by atoms with E-state index < -0.39 is 0 Å². The maximum absolute atomic E-state index is 12.4. The number of fused-ring (bicyclic) bond motifs is 1. The number of carbonyl (C=O) groups is 1. The number of hydrogen-bond donors (Lipinski definition) is 1. The molecule has 0 spiro atoms. The van der Waals surface area contributed by atoms with Gasteiger partial charge in [0.2, 0.25) is 0 Å². The van der Waals surface area contributed by atoms with Gasteiger partial charge in [-0.1, -0.05) is 45.0 Å². The van der Waals surface area contributed by atoms with Crippen LogP contribution < -0.4 is 5.56 Å². The van der Waals surface area contributed by atoms with Gasteiger partial charge in [0.25, 0.3) is 5.56 Å². The zero-order chi connectivity index (χ0) is 19.8. The number of rotatable bonds is 5. The summed E-state index contributed by atoms with van der Waals surface area (Å²) in [4.78, 5) is 34.0. The van der Waals surface area contributed by atoms with E-state index in [0.29, 0.717) is 22.7 Å². The van der Waals surface area contributed by atoms with Crippen LogP contribution in [0.4, 0.5) is 0 Å². The van der Waals surface area contributed by atoms with Crippen molar-refractivity contribution in [1.82, 2.24) is 9.97 Å². The zero-order valence-electron chi connectivity index (χ0n) is 16.3. The molecule has 1 N–H and O–H groups in total. The van der Waals surface area contributed by atoms with Gasteiger partial charge in [0.1, 0.15) is 10.7 Å². The van der Waals surface area contributed by atoms with Crippen molar-refractivity contribution in [2.45, 2.75) is 45.8 Å². The first kappa shape index (κ1) is 19.8. The predicted octanol–water partition coefficient (Wildman–Crippen LogP) is 5.02. The van der Waals surface area contributed by atoms with Crippen LogP contribution in [0.5, 0.6) is 0 Å². The summed E-state index contributed by atoms with van der Waals surface area (Å²) in [5, 5.41) is 0.682. The summed E-state index contributed by atoms with van der Waals surface area (Å²) in [5.41, 5.74) is 2.91. The second kappa shape index (κ2) is 7.60. The van der Waals surface area contributed by atoms with E-state index >= 15 is 0 Å². The van der Waals surface area contributed by atoms with Crippen LogP contribution in [0.3, 0.4) is 0 Å². The fourth-order valence-corrected chi connectivity index (χ4v) is 4.68. The second-order valence-corrected chi connectivity index (χ2v) is 9.91. The van der Waals surface area contributed by atoms with Crippen LogP contribution >= 0.6 is 23.1 Å². The van der Waals surface area contributed by atoms with Crippen molar-refractivity contribution in [2.75, 3.05) is 5.75 Å². The number of ketones is 1. The van der Waals surface area contributed by atoms with Gasteiger partial charge in [0.05, 0.1) is 16.9 Å². The van der Waals surface area contributed by atoms with Crippen molar-refractivity contribution in [1.29, 1.82) is 0 Å². The van der Waals surface area contributed by atoms with Crippen molar-refractivity contribution in [3.8, 4) is 0 Å². The van der Waals surface area contributed by atoms with Gasteiger partial charge in [0, 0.05) is 10.4 Å². The molecule has 0 unspecified atom stereocenters. The minimum Gasteiger partial charge on any atom is -0.309 e. The summed E-state index contributed by atoms with van der Waals surface area (Å²) in [6.45, 7) is 10.4. The quantitative estimate of drug-likeness (QED) is 0.611. The maximum atomic E-state index is 12.4. The van der Waals surface area contributed by atoms with E-state index in [2.05, 4.69) is 30.7 Å². The average molecular weight is 401 g/mol. The number of benzene rings is 1. The van der Waals surface area contributed by atoms with E-state index in [1.165, 1.54) is 28.7 Å². The largest absolute Gasteiger partial charge is 0.309 e. The lowest BCUT2D eigenvalue weighted by Crippen LogP contribution is -2.12. The number of aromatic amines is 1. The molecule has 2 aromatic heterocycles. The van der Waals surface area contributed by atoms with E-state index in [1.807, 2.05) is 38.1 Å². The smallest absolute Gasteiger partial charge is 0.259 e. The van der Waals surface area contributed by atoms with Crippen molar-refractivity contribution in [3.05, 3.63) is 62.0 Å². The van der Waals surface area contributed by atoms with Crippen LogP contribution in [0.25, 0.3) is 10.2 Å². The number of Topliss-reactive ketones (excluding diaryl/α,β-unsaturated/α-hetero) is 1. The summed E-state index contributed by atoms with van der Waals surface area (Å²) in [5.74, 6) is 1.58. The summed E-state index contributed by atoms with van der Waals surface area (Å²) in [6, 6.07) is 7.83. The van der Waals surface area contributed by atoms with Gasteiger partial charge in [-0.15, -0.1) is 23.1 Å². The Bertz CT molecular complexity index is 1040. The molecule has 0 aliphatic heterocycles. The summed E-state index contributed by atoms with van der Waals surface area (Å²) >= 11 is 3.01. The van der Waals surface area contributed by atoms with Crippen LogP contribution in [-0.4, -0.2) is 21.5 Å². The van der Waals surface area contributed by atoms with Gasteiger partial charge in [-0.05, 0) is 30.4 Å².